The zero-order valence-electron chi connectivity index (χ0n) is 12.4. The average molecular weight is 296 g/mol. The fourth-order valence-electron chi connectivity index (χ4n) is 2.37. The number of hydrogen-bond acceptors (Lipinski definition) is 4. The highest BCUT2D eigenvalue weighted by Crippen LogP contribution is 2.11. The Kier molecular flexibility index (Phi) is 3.50. The number of aromatic nitrogens is 3. The highest BCUT2D eigenvalue weighted by Gasteiger charge is 2.10. The summed E-state index contributed by atoms with van der Waals surface area (Å²) >= 11 is 0. The molecule has 0 amide bonds. The lowest BCUT2D eigenvalue weighted by Gasteiger charge is -2.09. The second-order valence-electron chi connectivity index (χ2n) is 5.14. The SMILES string of the molecule is Cn1c(=O)c2cc(CNc3ccccc3)cnc2n(C)c1=O. The van der Waals surface area contributed by atoms with Gasteiger partial charge in [0.1, 0.15) is 5.65 Å². The first-order valence-corrected chi connectivity index (χ1v) is 6.91. The maximum Gasteiger partial charge on any atom is 0.332 e. The van der Waals surface area contributed by atoms with Crippen molar-refractivity contribution in [2.24, 2.45) is 14.1 Å². The van der Waals surface area contributed by atoms with Gasteiger partial charge in [0.15, 0.2) is 0 Å². The molecule has 1 N–H and O–H groups in total. The van der Waals surface area contributed by atoms with Gasteiger partial charge in [-0.25, -0.2) is 9.78 Å². The summed E-state index contributed by atoms with van der Waals surface area (Å²) in [4.78, 5) is 28.4. The molecule has 0 radical (unpaired) electrons. The highest BCUT2D eigenvalue weighted by atomic mass is 16.2. The van der Waals surface area contributed by atoms with Crippen LogP contribution in [0.3, 0.4) is 0 Å². The van der Waals surface area contributed by atoms with Crippen LogP contribution < -0.4 is 16.6 Å². The van der Waals surface area contributed by atoms with Gasteiger partial charge in [0.05, 0.1) is 5.39 Å². The molecule has 0 bridgehead atoms. The summed E-state index contributed by atoms with van der Waals surface area (Å²) in [7, 11) is 3.08. The average Bonchev–Trinajstić information content (AvgIpc) is 2.57. The summed E-state index contributed by atoms with van der Waals surface area (Å²) in [6.07, 6.45) is 1.68. The zero-order valence-corrected chi connectivity index (χ0v) is 12.4. The second-order valence-corrected chi connectivity index (χ2v) is 5.14. The minimum absolute atomic E-state index is 0.327. The second kappa shape index (κ2) is 5.48. The van der Waals surface area contributed by atoms with Crippen LogP contribution in [0.4, 0.5) is 5.69 Å². The molecule has 0 atom stereocenters. The van der Waals surface area contributed by atoms with Crippen LogP contribution >= 0.6 is 0 Å². The highest BCUT2D eigenvalue weighted by molar-refractivity contribution is 5.74. The van der Waals surface area contributed by atoms with Gasteiger partial charge in [0.25, 0.3) is 5.56 Å². The van der Waals surface area contributed by atoms with Crippen molar-refractivity contribution in [3.05, 3.63) is 69.0 Å². The van der Waals surface area contributed by atoms with Crippen LogP contribution in [0.15, 0.2) is 52.2 Å². The first kappa shape index (κ1) is 14.1. The van der Waals surface area contributed by atoms with Gasteiger partial charge in [-0.05, 0) is 23.8 Å². The van der Waals surface area contributed by atoms with E-state index in [0.29, 0.717) is 17.6 Å². The Labute approximate surface area is 126 Å². The quantitative estimate of drug-likeness (QED) is 0.789. The predicted molar refractivity (Wildman–Crippen MR) is 86.0 cm³/mol. The van der Waals surface area contributed by atoms with Crippen LogP contribution in [0.1, 0.15) is 5.56 Å². The Morgan fingerprint density at radius 2 is 1.82 bits per heavy atom. The molecule has 0 unspecified atom stereocenters. The maximum atomic E-state index is 12.2. The molecule has 1 aromatic carbocycles. The number of nitrogens with one attached hydrogen (secondary N) is 1. The summed E-state index contributed by atoms with van der Waals surface area (Å²) in [5, 5.41) is 3.71. The molecule has 112 valence electrons. The molecule has 3 aromatic rings. The smallest absolute Gasteiger partial charge is 0.332 e. The lowest BCUT2D eigenvalue weighted by atomic mass is 10.2. The van der Waals surface area contributed by atoms with E-state index in [0.717, 1.165) is 15.8 Å². The Balaban J connectivity index is 2.00. The summed E-state index contributed by atoms with van der Waals surface area (Å²) in [6.45, 7) is 0.555. The van der Waals surface area contributed by atoms with Crippen molar-refractivity contribution in [3.63, 3.8) is 0 Å². The number of para-hydroxylation sites is 1. The fraction of sp³-hybridized carbons (Fsp3) is 0.188. The van der Waals surface area contributed by atoms with Crippen LogP contribution in [-0.2, 0) is 20.6 Å². The minimum atomic E-state index is -0.375. The Hall–Kier alpha value is -2.89. The fourth-order valence-corrected chi connectivity index (χ4v) is 2.37. The molecular formula is C16H16N4O2. The van der Waals surface area contributed by atoms with Crippen molar-refractivity contribution >= 4 is 16.7 Å². The summed E-state index contributed by atoms with van der Waals surface area (Å²) < 4.78 is 2.48. The van der Waals surface area contributed by atoms with E-state index in [-0.39, 0.29) is 11.2 Å². The van der Waals surface area contributed by atoms with Gasteiger partial charge in [-0.15, -0.1) is 0 Å². The van der Waals surface area contributed by atoms with Crippen molar-refractivity contribution in [2.45, 2.75) is 6.54 Å². The number of rotatable bonds is 3. The predicted octanol–water partition coefficient (Wildman–Crippen LogP) is 1.24. The van der Waals surface area contributed by atoms with Crippen molar-refractivity contribution in [1.82, 2.24) is 14.1 Å². The van der Waals surface area contributed by atoms with E-state index in [9.17, 15) is 9.59 Å². The third-order valence-electron chi connectivity index (χ3n) is 3.62. The lowest BCUT2D eigenvalue weighted by Crippen LogP contribution is -2.37. The van der Waals surface area contributed by atoms with Crippen molar-refractivity contribution in [3.8, 4) is 0 Å². The molecule has 0 fully saturated rings. The standard InChI is InChI=1S/C16H16N4O2/c1-19-14-13(15(21)20(2)16(19)22)8-11(10-18-14)9-17-12-6-4-3-5-7-12/h3-8,10,17H,9H2,1-2H3. The molecule has 22 heavy (non-hydrogen) atoms. The van der Waals surface area contributed by atoms with Gasteiger partial charge in [0, 0.05) is 32.5 Å². The third kappa shape index (κ3) is 2.39. The van der Waals surface area contributed by atoms with E-state index < -0.39 is 0 Å². The molecular weight excluding hydrogens is 280 g/mol. The normalized spacial score (nSPS) is 10.8. The molecule has 0 spiro atoms. The van der Waals surface area contributed by atoms with Crippen LogP contribution in [0.2, 0.25) is 0 Å². The molecule has 0 saturated carbocycles. The van der Waals surface area contributed by atoms with E-state index in [1.165, 1.54) is 11.6 Å². The van der Waals surface area contributed by atoms with Gasteiger partial charge in [0.2, 0.25) is 0 Å². The summed E-state index contributed by atoms with van der Waals surface area (Å²) in [5.74, 6) is 0. The monoisotopic (exact) mass is 296 g/mol. The van der Waals surface area contributed by atoms with Gasteiger partial charge in [-0.3, -0.25) is 13.9 Å². The number of fused-ring (bicyclic) bond motifs is 1. The lowest BCUT2D eigenvalue weighted by molar-refractivity contribution is 0.707. The molecule has 3 rings (SSSR count). The molecule has 2 heterocycles. The molecule has 6 nitrogen and oxygen atoms in total. The topological polar surface area (TPSA) is 68.9 Å². The van der Waals surface area contributed by atoms with E-state index in [1.54, 1.807) is 19.3 Å². The third-order valence-corrected chi connectivity index (χ3v) is 3.62. The first-order valence-electron chi connectivity index (χ1n) is 6.91. The van der Waals surface area contributed by atoms with Crippen LogP contribution in [-0.4, -0.2) is 14.1 Å². The zero-order chi connectivity index (χ0) is 15.7. The largest absolute Gasteiger partial charge is 0.381 e. The molecule has 0 aliphatic carbocycles. The summed E-state index contributed by atoms with van der Waals surface area (Å²) in [6, 6.07) is 11.6. The van der Waals surface area contributed by atoms with E-state index in [1.807, 2.05) is 30.3 Å². The Morgan fingerprint density at radius 3 is 2.55 bits per heavy atom. The Morgan fingerprint density at radius 1 is 1.09 bits per heavy atom. The van der Waals surface area contributed by atoms with Crippen molar-refractivity contribution in [1.29, 1.82) is 0 Å². The van der Waals surface area contributed by atoms with Gasteiger partial charge >= 0.3 is 5.69 Å². The van der Waals surface area contributed by atoms with E-state index in [2.05, 4.69) is 10.3 Å². The van der Waals surface area contributed by atoms with Gasteiger partial charge in [-0.1, -0.05) is 18.2 Å². The Bertz CT molecular complexity index is 942. The number of nitrogens with zero attached hydrogens (tertiary/aromatic N) is 3. The minimum Gasteiger partial charge on any atom is -0.381 e. The summed E-state index contributed by atoms with van der Waals surface area (Å²) in [5.41, 5.74) is 1.58. The van der Waals surface area contributed by atoms with Crippen molar-refractivity contribution in [2.75, 3.05) is 5.32 Å². The van der Waals surface area contributed by atoms with Crippen LogP contribution in [0.5, 0.6) is 0 Å². The van der Waals surface area contributed by atoms with Crippen molar-refractivity contribution < 1.29 is 0 Å². The number of pyridine rings is 1. The van der Waals surface area contributed by atoms with E-state index in [4.69, 9.17) is 0 Å². The van der Waals surface area contributed by atoms with Crippen LogP contribution in [0, 0.1) is 0 Å². The van der Waals surface area contributed by atoms with E-state index >= 15 is 0 Å². The number of anilines is 1. The van der Waals surface area contributed by atoms with Gasteiger partial charge in [-0.2, -0.15) is 0 Å². The first-order chi connectivity index (χ1) is 10.6. The molecule has 6 heteroatoms. The molecule has 2 aromatic heterocycles. The van der Waals surface area contributed by atoms with Crippen LogP contribution in [0.25, 0.3) is 11.0 Å². The number of benzene rings is 1. The number of aryl methyl sites for hydroxylation is 1. The number of hydrogen-bond donors (Lipinski definition) is 1. The molecule has 0 aliphatic rings. The molecule has 0 saturated heterocycles. The maximum absolute atomic E-state index is 12.2. The van der Waals surface area contributed by atoms with Gasteiger partial charge < -0.3 is 5.32 Å². The molecule has 0 aliphatic heterocycles.